The Balaban J connectivity index is 2.18. The van der Waals surface area contributed by atoms with Crippen molar-refractivity contribution in [3.63, 3.8) is 0 Å². The van der Waals surface area contributed by atoms with Gasteiger partial charge in [0.05, 0.1) is 6.61 Å². The van der Waals surface area contributed by atoms with Crippen LogP contribution in [0.5, 0.6) is 0 Å². The molecule has 0 amide bonds. The molecule has 0 bridgehead atoms. The van der Waals surface area contributed by atoms with Crippen molar-refractivity contribution in [1.82, 2.24) is 5.43 Å². The Hall–Kier alpha value is -0.160. The van der Waals surface area contributed by atoms with Crippen LogP contribution in [0.3, 0.4) is 0 Å². The highest BCUT2D eigenvalue weighted by molar-refractivity contribution is 4.71. The van der Waals surface area contributed by atoms with Crippen LogP contribution in [0.25, 0.3) is 0 Å². The smallest absolute Gasteiger partial charge is 0.0598 e. The third-order valence-electron chi connectivity index (χ3n) is 2.41. The molecule has 12 heavy (non-hydrogen) atoms. The zero-order valence-electron chi connectivity index (χ0n) is 7.33. The number of hydrazine groups is 1. The number of hydrogen-bond acceptors (Lipinski definition) is 4. The zero-order valence-corrected chi connectivity index (χ0v) is 7.33. The lowest BCUT2D eigenvalue weighted by atomic mass is 9.93. The molecule has 1 fully saturated rings. The van der Waals surface area contributed by atoms with E-state index in [1.165, 1.54) is 0 Å². The second-order valence-electron chi connectivity index (χ2n) is 3.34. The van der Waals surface area contributed by atoms with E-state index in [9.17, 15) is 0 Å². The first-order valence-electron chi connectivity index (χ1n) is 4.51. The van der Waals surface area contributed by atoms with Crippen LogP contribution in [0.15, 0.2) is 0 Å². The summed E-state index contributed by atoms with van der Waals surface area (Å²) in [4.78, 5) is 0. The largest absolute Gasteiger partial charge is 0.395 e. The Kier molecular flexibility index (Phi) is 4.53. The molecule has 0 aliphatic carbocycles. The predicted molar refractivity (Wildman–Crippen MR) is 46.4 cm³/mol. The van der Waals surface area contributed by atoms with Gasteiger partial charge in [0.25, 0.3) is 0 Å². The molecule has 1 saturated heterocycles. The maximum Gasteiger partial charge on any atom is 0.0598 e. The lowest BCUT2D eigenvalue weighted by Gasteiger charge is -2.25. The van der Waals surface area contributed by atoms with E-state index in [4.69, 9.17) is 15.7 Å². The van der Waals surface area contributed by atoms with Crippen LogP contribution in [0.2, 0.25) is 0 Å². The molecule has 1 atom stereocenters. The van der Waals surface area contributed by atoms with Crippen LogP contribution in [0.4, 0.5) is 0 Å². The van der Waals surface area contributed by atoms with Crippen molar-refractivity contribution in [2.75, 3.05) is 19.8 Å². The van der Waals surface area contributed by atoms with Gasteiger partial charge in [-0.05, 0) is 25.2 Å². The molecule has 1 heterocycles. The molecule has 4 N–H and O–H groups in total. The third-order valence-corrected chi connectivity index (χ3v) is 2.41. The summed E-state index contributed by atoms with van der Waals surface area (Å²) in [6, 6.07) is 0.0492. The van der Waals surface area contributed by atoms with Crippen LogP contribution in [0, 0.1) is 5.92 Å². The molecule has 0 radical (unpaired) electrons. The van der Waals surface area contributed by atoms with E-state index < -0.39 is 0 Å². The lowest BCUT2D eigenvalue weighted by Crippen LogP contribution is -2.40. The number of nitrogens with one attached hydrogen (secondary N) is 1. The highest BCUT2D eigenvalue weighted by Crippen LogP contribution is 2.19. The molecular formula is C8H18N2O2. The Morgan fingerprint density at radius 2 is 2.17 bits per heavy atom. The van der Waals surface area contributed by atoms with Crippen molar-refractivity contribution in [3.05, 3.63) is 0 Å². The van der Waals surface area contributed by atoms with Gasteiger partial charge in [-0.15, -0.1) is 0 Å². The first kappa shape index (κ1) is 9.92. The summed E-state index contributed by atoms with van der Waals surface area (Å²) in [7, 11) is 0. The summed E-state index contributed by atoms with van der Waals surface area (Å²) in [6.07, 6.45) is 3.15. The number of hydrogen-bond donors (Lipinski definition) is 3. The van der Waals surface area contributed by atoms with Gasteiger partial charge in [0, 0.05) is 19.3 Å². The van der Waals surface area contributed by atoms with Gasteiger partial charge in [0.2, 0.25) is 0 Å². The van der Waals surface area contributed by atoms with E-state index in [0.29, 0.717) is 5.92 Å². The minimum atomic E-state index is 0.0492. The van der Waals surface area contributed by atoms with Gasteiger partial charge in [0.1, 0.15) is 0 Å². The highest BCUT2D eigenvalue weighted by Gasteiger charge is 2.17. The molecule has 1 unspecified atom stereocenters. The zero-order chi connectivity index (χ0) is 8.81. The van der Waals surface area contributed by atoms with Crippen molar-refractivity contribution in [2.45, 2.75) is 25.3 Å². The average molecular weight is 174 g/mol. The van der Waals surface area contributed by atoms with Crippen molar-refractivity contribution < 1.29 is 9.84 Å². The van der Waals surface area contributed by atoms with Gasteiger partial charge >= 0.3 is 0 Å². The van der Waals surface area contributed by atoms with Crippen molar-refractivity contribution in [2.24, 2.45) is 11.8 Å². The summed E-state index contributed by atoms with van der Waals surface area (Å²) >= 11 is 0. The molecule has 1 aliphatic rings. The Labute approximate surface area is 73.1 Å². The van der Waals surface area contributed by atoms with Crippen molar-refractivity contribution >= 4 is 0 Å². The Morgan fingerprint density at radius 3 is 2.67 bits per heavy atom. The maximum absolute atomic E-state index is 8.88. The number of nitrogens with two attached hydrogens (primary N) is 1. The van der Waals surface area contributed by atoms with Gasteiger partial charge in [-0.25, -0.2) is 0 Å². The van der Waals surface area contributed by atoms with Gasteiger partial charge in [-0.2, -0.15) is 0 Å². The molecule has 0 aromatic carbocycles. The summed E-state index contributed by atoms with van der Waals surface area (Å²) in [5.74, 6) is 5.92. The number of aliphatic hydroxyl groups excluding tert-OH is 1. The van der Waals surface area contributed by atoms with Crippen LogP contribution in [0.1, 0.15) is 19.3 Å². The van der Waals surface area contributed by atoms with Crippen molar-refractivity contribution in [1.29, 1.82) is 0 Å². The Morgan fingerprint density at radius 1 is 1.50 bits per heavy atom. The number of aliphatic hydroxyl groups is 1. The van der Waals surface area contributed by atoms with Crippen LogP contribution >= 0.6 is 0 Å². The van der Waals surface area contributed by atoms with E-state index in [1.54, 1.807) is 0 Å². The van der Waals surface area contributed by atoms with Gasteiger partial charge in [0.15, 0.2) is 0 Å². The fraction of sp³-hybridized carbons (Fsp3) is 1.00. The summed E-state index contributed by atoms with van der Waals surface area (Å²) in [5, 5.41) is 8.88. The van der Waals surface area contributed by atoms with Crippen LogP contribution in [-0.4, -0.2) is 31.0 Å². The van der Waals surface area contributed by atoms with Gasteiger partial charge in [-0.3, -0.25) is 11.3 Å². The third kappa shape index (κ3) is 3.06. The summed E-state index contributed by atoms with van der Waals surface area (Å²) < 4.78 is 5.23. The normalized spacial score (nSPS) is 22.5. The first-order valence-corrected chi connectivity index (χ1v) is 4.51. The maximum atomic E-state index is 8.88. The fourth-order valence-electron chi connectivity index (χ4n) is 1.58. The molecule has 0 spiro atoms. The topological polar surface area (TPSA) is 67.5 Å². The SMILES string of the molecule is NNC(CO)CC1CCOCC1. The number of rotatable bonds is 4. The predicted octanol–water partition coefficient (Wildman–Crippen LogP) is -0.373. The van der Waals surface area contributed by atoms with Gasteiger partial charge in [-0.1, -0.05) is 0 Å². The molecule has 4 heteroatoms. The molecule has 0 saturated carbocycles. The minimum Gasteiger partial charge on any atom is -0.395 e. The summed E-state index contributed by atoms with van der Waals surface area (Å²) in [6.45, 7) is 1.83. The van der Waals surface area contributed by atoms with Gasteiger partial charge < -0.3 is 9.84 Å². The van der Waals surface area contributed by atoms with E-state index in [0.717, 1.165) is 32.5 Å². The van der Waals surface area contributed by atoms with E-state index in [1.807, 2.05) is 0 Å². The van der Waals surface area contributed by atoms with Crippen molar-refractivity contribution in [3.8, 4) is 0 Å². The quantitative estimate of drug-likeness (QED) is 0.402. The first-order chi connectivity index (χ1) is 5.86. The van der Waals surface area contributed by atoms with E-state index in [-0.39, 0.29) is 12.6 Å². The molecular weight excluding hydrogens is 156 g/mol. The number of ether oxygens (including phenoxy) is 1. The second kappa shape index (κ2) is 5.48. The fourth-order valence-corrected chi connectivity index (χ4v) is 1.58. The Bertz CT molecular complexity index is 112. The van der Waals surface area contributed by atoms with E-state index >= 15 is 0 Å². The van der Waals surface area contributed by atoms with E-state index in [2.05, 4.69) is 5.43 Å². The molecule has 72 valence electrons. The summed E-state index contributed by atoms with van der Waals surface area (Å²) in [5.41, 5.74) is 2.61. The second-order valence-corrected chi connectivity index (χ2v) is 3.34. The minimum absolute atomic E-state index is 0.0492. The standard InChI is InChI=1S/C8H18N2O2/c9-10-8(6-11)5-7-1-3-12-4-2-7/h7-8,10-11H,1-6,9H2. The lowest BCUT2D eigenvalue weighted by molar-refractivity contribution is 0.0574. The molecule has 1 aliphatic heterocycles. The highest BCUT2D eigenvalue weighted by atomic mass is 16.5. The molecule has 1 rings (SSSR count). The van der Waals surface area contributed by atoms with Crippen LogP contribution < -0.4 is 11.3 Å². The van der Waals surface area contributed by atoms with Crippen LogP contribution in [-0.2, 0) is 4.74 Å². The molecule has 4 nitrogen and oxygen atoms in total. The molecule has 0 aromatic heterocycles. The monoisotopic (exact) mass is 174 g/mol. The molecule has 0 aromatic rings. The average Bonchev–Trinajstić information content (AvgIpc) is 2.16.